The first-order valence-electron chi connectivity index (χ1n) is 9.66. The Kier molecular flexibility index (Phi) is 13.0. The number of aliphatic imine (C=N–C) groups is 1. The maximum atomic E-state index is 12.4. The summed E-state index contributed by atoms with van der Waals surface area (Å²) in [5, 5.41) is 33.5. The van der Waals surface area contributed by atoms with E-state index in [2.05, 4.69) is 20.9 Å². The third-order valence-electron chi connectivity index (χ3n) is 4.13. The van der Waals surface area contributed by atoms with Crippen molar-refractivity contribution in [2.45, 2.75) is 56.8 Å². The van der Waals surface area contributed by atoms with Crippen LogP contribution in [0.1, 0.15) is 32.6 Å². The zero-order chi connectivity index (χ0) is 24.8. The van der Waals surface area contributed by atoms with Crippen LogP contribution in [-0.2, 0) is 24.0 Å². The molecule has 15 nitrogen and oxygen atoms in total. The predicted octanol–water partition coefficient (Wildman–Crippen LogP) is -4.22. The molecule has 3 amide bonds. The molecule has 0 rings (SSSR count). The molecule has 0 aromatic rings. The molecule has 0 saturated carbocycles. The van der Waals surface area contributed by atoms with Crippen molar-refractivity contribution in [2.75, 3.05) is 13.2 Å². The average Bonchev–Trinajstić information content (AvgIpc) is 2.71. The molecule has 0 saturated heterocycles. The van der Waals surface area contributed by atoms with E-state index in [1.807, 2.05) is 0 Å². The van der Waals surface area contributed by atoms with Crippen LogP contribution in [-0.4, -0.2) is 88.3 Å². The largest absolute Gasteiger partial charge is 0.481 e. The predicted molar refractivity (Wildman–Crippen MR) is 111 cm³/mol. The summed E-state index contributed by atoms with van der Waals surface area (Å²) in [5.41, 5.74) is 16.0. The lowest BCUT2D eigenvalue weighted by atomic mass is 10.1. The minimum Gasteiger partial charge on any atom is -0.481 e. The van der Waals surface area contributed by atoms with Crippen LogP contribution in [0.2, 0.25) is 0 Å². The highest BCUT2D eigenvalue weighted by Crippen LogP contribution is 2.02. The van der Waals surface area contributed by atoms with Crippen molar-refractivity contribution in [1.29, 1.82) is 0 Å². The number of rotatable bonds is 15. The van der Waals surface area contributed by atoms with E-state index in [4.69, 9.17) is 32.5 Å². The van der Waals surface area contributed by atoms with Crippen LogP contribution in [0, 0.1) is 0 Å². The first kappa shape index (κ1) is 28.5. The van der Waals surface area contributed by atoms with Crippen molar-refractivity contribution >= 4 is 35.6 Å². The summed E-state index contributed by atoms with van der Waals surface area (Å²) in [6.07, 6.45) is -0.204. The molecule has 0 aromatic carbocycles. The van der Waals surface area contributed by atoms with Crippen molar-refractivity contribution in [1.82, 2.24) is 16.0 Å². The van der Waals surface area contributed by atoms with Crippen molar-refractivity contribution in [2.24, 2.45) is 22.2 Å². The lowest BCUT2D eigenvalue weighted by Crippen LogP contribution is -2.56. The van der Waals surface area contributed by atoms with Crippen molar-refractivity contribution in [3.8, 4) is 0 Å². The molecular weight excluding hydrogens is 430 g/mol. The molecule has 0 aromatic heterocycles. The Morgan fingerprint density at radius 3 is 2.00 bits per heavy atom. The molecule has 32 heavy (non-hydrogen) atoms. The van der Waals surface area contributed by atoms with Gasteiger partial charge in [-0.25, -0.2) is 4.79 Å². The summed E-state index contributed by atoms with van der Waals surface area (Å²) in [6, 6.07) is -5.09. The number of hydrogen-bond acceptors (Lipinski definition) is 8. The van der Waals surface area contributed by atoms with Gasteiger partial charge in [-0.1, -0.05) is 0 Å². The molecule has 0 aliphatic carbocycles. The monoisotopic (exact) mass is 461 g/mol. The van der Waals surface area contributed by atoms with Gasteiger partial charge in [-0.2, -0.15) is 0 Å². The van der Waals surface area contributed by atoms with Gasteiger partial charge in [0.1, 0.15) is 18.1 Å². The van der Waals surface area contributed by atoms with Crippen LogP contribution in [0.15, 0.2) is 4.99 Å². The summed E-state index contributed by atoms with van der Waals surface area (Å²) in [4.78, 5) is 62.2. The fourth-order valence-corrected chi connectivity index (χ4v) is 2.32. The van der Waals surface area contributed by atoms with E-state index in [0.717, 1.165) is 0 Å². The van der Waals surface area contributed by atoms with Crippen LogP contribution >= 0.6 is 0 Å². The van der Waals surface area contributed by atoms with Crippen LogP contribution < -0.4 is 33.2 Å². The molecule has 4 atom stereocenters. The molecule has 0 bridgehead atoms. The number of carbonyl (C=O) groups is 5. The summed E-state index contributed by atoms with van der Waals surface area (Å²) < 4.78 is 0. The maximum Gasteiger partial charge on any atom is 0.328 e. The Hall–Kier alpha value is -3.46. The highest BCUT2D eigenvalue weighted by atomic mass is 16.4. The number of aliphatic hydroxyl groups is 1. The maximum absolute atomic E-state index is 12.4. The Morgan fingerprint density at radius 2 is 1.50 bits per heavy atom. The Morgan fingerprint density at radius 1 is 0.906 bits per heavy atom. The first-order valence-corrected chi connectivity index (χ1v) is 9.66. The Labute approximate surface area is 183 Å². The highest BCUT2D eigenvalue weighted by molar-refractivity contribution is 5.94. The second-order valence-corrected chi connectivity index (χ2v) is 6.86. The third-order valence-corrected chi connectivity index (χ3v) is 4.13. The molecule has 12 N–H and O–H groups in total. The molecule has 0 aliphatic heterocycles. The van der Waals surface area contributed by atoms with E-state index in [-0.39, 0.29) is 38.2 Å². The van der Waals surface area contributed by atoms with Gasteiger partial charge < -0.3 is 48.5 Å². The van der Waals surface area contributed by atoms with Crippen LogP contribution in [0.5, 0.6) is 0 Å². The molecule has 0 aliphatic rings. The SMILES string of the molecule is CC(NC(=O)C(N)CCC(=O)O)C(=O)NC(CCCN=C(N)N)C(=O)NC(CO)C(=O)O. The smallest absolute Gasteiger partial charge is 0.328 e. The molecular formula is C17H31N7O8. The van der Waals surface area contributed by atoms with Crippen molar-refractivity contribution in [3.63, 3.8) is 0 Å². The van der Waals surface area contributed by atoms with Gasteiger partial charge in [0.2, 0.25) is 17.7 Å². The highest BCUT2D eigenvalue weighted by Gasteiger charge is 2.28. The third kappa shape index (κ3) is 11.7. The molecule has 0 spiro atoms. The van der Waals surface area contributed by atoms with E-state index < -0.39 is 60.4 Å². The number of carbonyl (C=O) groups excluding carboxylic acids is 3. The molecule has 0 heterocycles. The molecule has 0 fully saturated rings. The second-order valence-electron chi connectivity index (χ2n) is 6.86. The van der Waals surface area contributed by atoms with Gasteiger partial charge in [0.05, 0.1) is 12.6 Å². The van der Waals surface area contributed by atoms with E-state index in [1.165, 1.54) is 6.92 Å². The molecule has 4 unspecified atom stereocenters. The number of nitrogens with two attached hydrogens (primary N) is 3. The van der Waals surface area contributed by atoms with Crippen LogP contribution in [0.4, 0.5) is 0 Å². The number of nitrogens with one attached hydrogen (secondary N) is 3. The fraction of sp³-hybridized carbons (Fsp3) is 0.647. The summed E-state index contributed by atoms with van der Waals surface area (Å²) in [7, 11) is 0. The normalized spacial score (nSPS) is 14.2. The van der Waals surface area contributed by atoms with Gasteiger partial charge in [-0.3, -0.25) is 24.2 Å². The van der Waals surface area contributed by atoms with Gasteiger partial charge in [0.25, 0.3) is 0 Å². The quantitative estimate of drug-likeness (QED) is 0.0640. The van der Waals surface area contributed by atoms with Gasteiger partial charge in [-0.15, -0.1) is 0 Å². The average molecular weight is 461 g/mol. The minimum absolute atomic E-state index is 0.0188. The van der Waals surface area contributed by atoms with Crippen molar-refractivity contribution < 1.29 is 39.3 Å². The van der Waals surface area contributed by atoms with Gasteiger partial charge in [0, 0.05) is 13.0 Å². The van der Waals surface area contributed by atoms with E-state index in [9.17, 15) is 24.0 Å². The number of nitrogens with zero attached hydrogens (tertiary/aromatic N) is 1. The molecule has 15 heteroatoms. The van der Waals surface area contributed by atoms with E-state index in [1.54, 1.807) is 0 Å². The Bertz CT molecular complexity index is 711. The van der Waals surface area contributed by atoms with Crippen LogP contribution in [0.3, 0.4) is 0 Å². The first-order chi connectivity index (χ1) is 14.9. The number of guanidine groups is 1. The summed E-state index contributed by atoms with van der Waals surface area (Å²) in [6.45, 7) is 0.588. The minimum atomic E-state index is -1.58. The zero-order valence-corrected chi connectivity index (χ0v) is 17.6. The Balaban J connectivity index is 5.08. The standard InChI is InChI=1S/C17H31N7O8/c1-8(22-14(29)9(18)4-5-12(26)27)13(28)23-10(3-2-6-21-17(19)20)15(30)24-11(7-25)16(31)32/h8-11,25H,2-7,18H2,1H3,(H,22,29)(H,23,28)(H,24,30)(H,26,27)(H,31,32)(H4,19,20,21). The van der Waals surface area contributed by atoms with Gasteiger partial charge in [-0.05, 0) is 26.2 Å². The van der Waals surface area contributed by atoms with E-state index in [0.29, 0.717) is 0 Å². The van der Waals surface area contributed by atoms with Crippen molar-refractivity contribution in [3.05, 3.63) is 0 Å². The number of aliphatic hydroxyl groups excluding tert-OH is 1. The number of carboxylic acids is 2. The fourth-order valence-electron chi connectivity index (χ4n) is 2.32. The summed E-state index contributed by atoms with van der Waals surface area (Å²) >= 11 is 0. The number of aliphatic carboxylic acids is 2. The number of hydrogen-bond donors (Lipinski definition) is 9. The summed E-state index contributed by atoms with van der Waals surface area (Å²) in [5.74, 6) is -5.17. The van der Waals surface area contributed by atoms with Gasteiger partial charge in [0.15, 0.2) is 5.96 Å². The molecule has 0 radical (unpaired) electrons. The van der Waals surface area contributed by atoms with Crippen LogP contribution in [0.25, 0.3) is 0 Å². The van der Waals surface area contributed by atoms with E-state index >= 15 is 0 Å². The number of carboxylic acid groups (broad SMARTS) is 2. The number of amides is 3. The lowest BCUT2D eigenvalue weighted by Gasteiger charge is -2.23. The topological polar surface area (TPSA) is 273 Å². The zero-order valence-electron chi connectivity index (χ0n) is 17.6. The van der Waals surface area contributed by atoms with Gasteiger partial charge >= 0.3 is 11.9 Å². The lowest BCUT2D eigenvalue weighted by molar-refractivity contribution is -0.143. The second kappa shape index (κ2) is 14.5. The molecule has 182 valence electrons.